The Bertz CT molecular complexity index is 960. The maximum absolute atomic E-state index is 12.7. The monoisotopic (exact) mass is 359 g/mol. The van der Waals surface area contributed by atoms with Crippen LogP contribution in [0.4, 0.5) is 0 Å². The Morgan fingerprint density at radius 3 is 2.68 bits per heavy atom. The van der Waals surface area contributed by atoms with E-state index in [1.165, 1.54) is 6.26 Å². The second-order valence-electron chi connectivity index (χ2n) is 6.57. The van der Waals surface area contributed by atoms with Crippen LogP contribution in [0.25, 0.3) is 10.9 Å². The number of aromatic amines is 2. The normalized spacial score (nSPS) is 12.8. The van der Waals surface area contributed by atoms with Crippen molar-refractivity contribution < 1.29 is 9.28 Å². The first kappa shape index (κ1) is 17.6. The van der Waals surface area contributed by atoms with Crippen LogP contribution in [0.1, 0.15) is 30.8 Å². The van der Waals surface area contributed by atoms with Crippen LogP contribution in [-0.2, 0) is 24.0 Å². The van der Waals surface area contributed by atoms with Crippen LogP contribution in [0, 0.1) is 11.1 Å². The number of nitrogens with zero attached hydrogens (tertiary/aromatic N) is 1. The summed E-state index contributed by atoms with van der Waals surface area (Å²) in [6.07, 6.45) is 3.98. The standard InChI is InChI=1S/C18H21N3O3S/c1-11(2)8-16-17(22)20-15(18(21(16)23)25(3)24)9-12-10-19-14-7-5-4-6-13(12)14/h4-7,10-11,19H,8-9H2,1-3H3,(H,20,22). The molecular formula is C18H21N3O3S. The Morgan fingerprint density at radius 1 is 1.28 bits per heavy atom. The highest BCUT2D eigenvalue weighted by atomic mass is 32.2. The van der Waals surface area contributed by atoms with Crippen LogP contribution in [0.3, 0.4) is 0 Å². The molecule has 0 radical (unpaired) electrons. The Balaban J connectivity index is 2.11. The van der Waals surface area contributed by atoms with Crippen LogP contribution >= 0.6 is 0 Å². The summed E-state index contributed by atoms with van der Waals surface area (Å²) in [5.41, 5.74) is 2.02. The van der Waals surface area contributed by atoms with Crippen molar-refractivity contribution in [2.45, 2.75) is 31.7 Å². The summed E-state index contributed by atoms with van der Waals surface area (Å²) in [5, 5.41) is 13.8. The number of para-hydroxylation sites is 1. The zero-order valence-electron chi connectivity index (χ0n) is 14.5. The molecule has 2 N–H and O–H groups in total. The van der Waals surface area contributed by atoms with Gasteiger partial charge in [-0.25, -0.2) is 0 Å². The first-order valence-corrected chi connectivity index (χ1v) is 9.70. The Kier molecular flexibility index (Phi) is 4.87. The van der Waals surface area contributed by atoms with Crippen molar-refractivity contribution >= 4 is 22.1 Å². The van der Waals surface area contributed by atoms with Gasteiger partial charge >= 0.3 is 10.6 Å². The topological polar surface area (TPSA) is 98.6 Å². The number of hydrogen-bond acceptors (Lipinski definition) is 3. The number of benzene rings is 1. The Hall–Kier alpha value is -2.25. The lowest BCUT2D eigenvalue weighted by Crippen LogP contribution is -2.46. The third-order valence-electron chi connectivity index (χ3n) is 4.13. The van der Waals surface area contributed by atoms with Gasteiger partial charge in [0.1, 0.15) is 11.9 Å². The average molecular weight is 359 g/mol. The van der Waals surface area contributed by atoms with E-state index in [0.717, 1.165) is 16.5 Å². The van der Waals surface area contributed by atoms with Crippen molar-refractivity contribution in [3.63, 3.8) is 0 Å². The molecule has 3 rings (SSSR count). The second-order valence-corrected chi connectivity index (χ2v) is 7.86. The number of aromatic nitrogens is 3. The van der Waals surface area contributed by atoms with E-state index in [1.807, 2.05) is 44.3 Å². The molecule has 0 aliphatic carbocycles. The predicted molar refractivity (Wildman–Crippen MR) is 98.0 cm³/mol. The quantitative estimate of drug-likeness (QED) is 0.414. The zero-order valence-corrected chi connectivity index (χ0v) is 15.3. The smallest absolute Gasteiger partial charge is 0.413 e. The van der Waals surface area contributed by atoms with E-state index in [-0.39, 0.29) is 16.6 Å². The third kappa shape index (κ3) is 3.43. The first-order chi connectivity index (χ1) is 11.9. The van der Waals surface area contributed by atoms with Crippen molar-refractivity contribution in [1.82, 2.24) is 9.97 Å². The molecule has 132 valence electrons. The molecule has 0 saturated heterocycles. The number of hydrogen-bond donors (Lipinski definition) is 2. The fourth-order valence-corrected chi connectivity index (χ4v) is 3.85. The minimum absolute atomic E-state index is 0.114. The van der Waals surface area contributed by atoms with Gasteiger partial charge in [-0.2, -0.15) is 0 Å². The van der Waals surface area contributed by atoms with E-state index in [2.05, 4.69) is 9.97 Å². The summed E-state index contributed by atoms with van der Waals surface area (Å²) in [7, 11) is 0. The molecule has 0 aliphatic heterocycles. The van der Waals surface area contributed by atoms with E-state index in [4.69, 9.17) is 0 Å². The molecule has 0 bridgehead atoms. The highest BCUT2D eigenvalue weighted by Crippen LogP contribution is 2.22. The fraction of sp³-hybridized carbons (Fsp3) is 0.333. The molecule has 0 fully saturated rings. The molecule has 3 aromatic rings. The van der Waals surface area contributed by atoms with Gasteiger partial charge in [-0.05, 0) is 17.5 Å². The Morgan fingerprint density at radius 2 is 2.00 bits per heavy atom. The number of fused-ring (bicyclic) bond motifs is 1. The van der Waals surface area contributed by atoms with Gasteiger partial charge < -0.3 is 19.7 Å². The average Bonchev–Trinajstić information content (AvgIpc) is 2.94. The summed E-state index contributed by atoms with van der Waals surface area (Å²) in [6, 6.07) is 7.80. The molecule has 0 spiro atoms. The Labute approximate surface area is 148 Å². The van der Waals surface area contributed by atoms with Gasteiger partial charge in [-0.3, -0.25) is 4.79 Å². The summed E-state index contributed by atoms with van der Waals surface area (Å²) in [4.78, 5) is 18.3. The maximum Gasteiger partial charge on any atom is 0.413 e. The largest absolute Gasteiger partial charge is 0.615 e. The molecule has 0 aliphatic rings. The van der Waals surface area contributed by atoms with Gasteiger partial charge in [-0.15, -0.1) is 4.73 Å². The van der Waals surface area contributed by atoms with Gasteiger partial charge in [-0.1, -0.05) is 32.0 Å². The van der Waals surface area contributed by atoms with Crippen LogP contribution in [0.2, 0.25) is 0 Å². The third-order valence-corrected chi connectivity index (χ3v) is 5.09. The molecule has 2 aromatic heterocycles. The molecule has 0 amide bonds. The fourth-order valence-electron chi connectivity index (χ4n) is 3.04. The lowest BCUT2D eigenvalue weighted by Gasteiger charge is -2.13. The van der Waals surface area contributed by atoms with Gasteiger partial charge in [0.15, 0.2) is 0 Å². The van der Waals surface area contributed by atoms with Crippen molar-refractivity contribution in [3.8, 4) is 0 Å². The summed E-state index contributed by atoms with van der Waals surface area (Å²) in [5.74, 6) is 0.152. The van der Waals surface area contributed by atoms with Crippen LogP contribution in [0.5, 0.6) is 0 Å². The molecule has 6 nitrogen and oxygen atoms in total. The lowest BCUT2D eigenvalue weighted by atomic mass is 10.1. The molecular weight excluding hydrogens is 338 g/mol. The predicted octanol–water partition coefficient (Wildman–Crippen LogP) is 2.02. The van der Waals surface area contributed by atoms with Crippen LogP contribution in [0.15, 0.2) is 40.3 Å². The lowest BCUT2D eigenvalue weighted by molar-refractivity contribution is -0.657. The number of nitrogens with one attached hydrogen (secondary N) is 2. The van der Waals surface area contributed by atoms with Gasteiger partial charge in [0.05, 0.1) is 11.2 Å². The molecule has 2 heterocycles. The zero-order chi connectivity index (χ0) is 18.1. The molecule has 25 heavy (non-hydrogen) atoms. The summed E-state index contributed by atoms with van der Waals surface area (Å²) >= 11 is -1.51. The molecule has 1 aromatic carbocycles. The van der Waals surface area contributed by atoms with Gasteiger partial charge in [0.2, 0.25) is 0 Å². The van der Waals surface area contributed by atoms with E-state index >= 15 is 0 Å². The molecule has 7 heteroatoms. The van der Waals surface area contributed by atoms with Crippen molar-refractivity contribution in [3.05, 3.63) is 63.0 Å². The van der Waals surface area contributed by atoms with E-state index in [9.17, 15) is 14.6 Å². The highest BCUT2D eigenvalue weighted by molar-refractivity contribution is 7.90. The summed E-state index contributed by atoms with van der Waals surface area (Å²) < 4.78 is 12.8. The molecule has 0 saturated carbocycles. The number of H-pyrrole nitrogens is 2. The van der Waals surface area contributed by atoms with Crippen molar-refractivity contribution in [1.29, 1.82) is 0 Å². The molecule has 1 unspecified atom stereocenters. The first-order valence-electron chi connectivity index (χ1n) is 8.14. The van der Waals surface area contributed by atoms with E-state index in [1.54, 1.807) is 0 Å². The van der Waals surface area contributed by atoms with Crippen LogP contribution in [-0.4, -0.2) is 20.8 Å². The highest BCUT2D eigenvalue weighted by Gasteiger charge is 2.30. The minimum Gasteiger partial charge on any atom is -0.615 e. The van der Waals surface area contributed by atoms with Crippen molar-refractivity contribution in [2.75, 3.05) is 6.26 Å². The maximum atomic E-state index is 12.7. The minimum atomic E-state index is -1.51. The van der Waals surface area contributed by atoms with Crippen molar-refractivity contribution in [2.24, 2.45) is 5.92 Å². The van der Waals surface area contributed by atoms with E-state index < -0.39 is 16.7 Å². The SMILES string of the molecule is CC(C)Cc1c(=O)[nH]c(Cc2c[nH]c3ccccc23)c([S+](C)[O-])[n+]1[O-]. The van der Waals surface area contributed by atoms with Gasteiger partial charge in [0, 0.05) is 29.9 Å². The number of rotatable bonds is 5. The van der Waals surface area contributed by atoms with E-state index in [0.29, 0.717) is 23.3 Å². The van der Waals surface area contributed by atoms with Gasteiger partial charge in [0.25, 0.3) is 5.69 Å². The van der Waals surface area contributed by atoms with Crippen LogP contribution < -0.4 is 10.3 Å². The molecule has 1 atom stereocenters. The second kappa shape index (κ2) is 6.93. The summed E-state index contributed by atoms with van der Waals surface area (Å²) in [6.45, 7) is 3.86.